The van der Waals surface area contributed by atoms with Crippen molar-refractivity contribution in [1.82, 2.24) is 19.7 Å². The van der Waals surface area contributed by atoms with Crippen LogP contribution < -0.4 is 5.73 Å². The quantitative estimate of drug-likeness (QED) is 0.834. The Morgan fingerprint density at radius 2 is 2.04 bits per heavy atom. The number of aromatic nitrogens is 3. The van der Waals surface area contributed by atoms with Crippen LogP contribution in [0.2, 0.25) is 0 Å². The molecule has 0 aromatic carbocycles. The molecule has 9 nitrogen and oxygen atoms in total. The normalized spacial score (nSPS) is 16.9. The molecule has 0 aliphatic carbocycles. The first-order valence-corrected chi connectivity index (χ1v) is 10.4. The van der Waals surface area contributed by atoms with Crippen molar-refractivity contribution in [2.24, 2.45) is 4.36 Å². The van der Waals surface area contributed by atoms with Crippen LogP contribution in [0.3, 0.4) is 0 Å². The summed E-state index contributed by atoms with van der Waals surface area (Å²) in [7, 11) is -2.91. The van der Waals surface area contributed by atoms with Crippen molar-refractivity contribution < 1.29 is 13.8 Å². The lowest BCUT2D eigenvalue weighted by atomic mass is 10.0. The van der Waals surface area contributed by atoms with Crippen molar-refractivity contribution in [1.29, 1.82) is 0 Å². The van der Waals surface area contributed by atoms with Crippen LogP contribution in [0.15, 0.2) is 33.8 Å². The van der Waals surface area contributed by atoms with E-state index in [9.17, 15) is 13.8 Å². The van der Waals surface area contributed by atoms with E-state index in [0.717, 1.165) is 0 Å². The molecule has 10 heteroatoms. The number of hydrogen-bond donors (Lipinski definition) is 1. The van der Waals surface area contributed by atoms with E-state index >= 15 is 0 Å². The number of carbonyl (C=O) groups excluding carboxylic acids is 2. The Kier molecular flexibility index (Phi) is 5.01. The van der Waals surface area contributed by atoms with Gasteiger partial charge >= 0.3 is 0 Å². The predicted octanol–water partition coefficient (Wildman–Crippen LogP) is 1.01. The summed E-state index contributed by atoms with van der Waals surface area (Å²) >= 11 is 0. The lowest BCUT2D eigenvalue weighted by Gasteiger charge is -2.30. The van der Waals surface area contributed by atoms with Gasteiger partial charge in [-0.05, 0) is 19.1 Å². The molecule has 2 N–H and O–H groups in total. The van der Waals surface area contributed by atoms with Gasteiger partial charge in [-0.1, -0.05) is 0 Å². The van der Waals surface area contributed by atoms with E-state index in [1.165, 1.54) is 25.6 Å². The molecule has 2 aromatic rings. The van der Waals surface area contributed by atoms with E-state index < -0.39 is 21.6 Å². The number of nitrogens with zero attached hydrogens (tertiary/aromatic N) is 5. The van der Waals surface area contributed by atoms with Crippen molar-refractivity contribution in [3.63, 3.8) is 0 Å². The number of nitrogens with two attached hydrogens (primary N) is 1. The number of hydrogen-bond acceptors (Lipinski definition) is 6. The topological polar surface area (TPSA) is 124 Å². The summed E-state index contributed by atoms with van der Waals surface area (Å²) in [5.41, 5.74) is 7.47. The maximum atomic E-state index is 12.9. The molecular formula is C17H22N6O3S. The van der Waals surface area contributed by atoms with Crippen LogP contribution in [0.1, 0.15) is 31.2 Å². The fourth-order valence-corrected chi connectivity index (χ4v) is 4.53. The number of rotatable bonds is 3. The lowest BCUT2D eigenvalue weighted by molar-refractivity contribution is -0.134. The first-order valence-electron chi connectivity index (χ1n) is 8.46. The molecule has 0 radical (unpaired) electrons. The van der Waals surface area contributed by atoms with Gasteiger partial charge in [0.2, 0.25) is 5.91 Å². The molecular weight excluding hydrogens is 368 g/mol. The van der Waals surface area contributed by atoms with E-state index in [1.807, 2.05) is 0 Å². The minimum atomic E-state index is -2.91. The molecule has 3 heterocycles. The number of amides is 2. The zero-order chi connectivity index (χ0) is 19.8. The fraction of sp³-hybridized carbons (Fsp3) is 0.412. The summed E-state index contributed by atoms with van der Waals surface area (Å²) in [6, 6.07) is 3.45. The molecule has 144 valence electrons. The maximum Gasteiger partial charge on any atom is 0.250 e. The van der Waals surface area contributed by atoms with E-state index in [2.05, 4.69) is 14.4 Å². The number of nitrogen functional groups attached to an aromatic ring is 1. The monoisotopic (exact) mass is 390 g/mol. The van der Waals surface area contributed by atoms with E-state index in [4.69, 9.17) is 5.73 Å². The van der Waals surface area contributed by atoms with E-state index in [0.29, 0.717) is 35.1 Å². The van der Waals surface area contributed by atoms with Crippen LogP contribution in [-0.2, 0) is 32.4 Å². The first-order chi connectivity index (χ1) is 12.7. The van der Waals surface area contributed by atoms with Crippen LogP contribution in [0.5, 0.6) is 0 Å². The number of fused-ring (bicyclic) bond motifs is 1. The van der Waals surface area contributed by atoms with Crippen LogP contribution >= 0.6 is 0 Å². The summed E-state index contributed by atoms with van der Waals surface area (Å²) < 4.78 is 18.3. The highest BCUT2D eigenvalue weighted by molar-refractivity contribution is 7.93. The third kappa shape index (κ3) is 3.85. The highest BCUT2D eigenvalue weighted by Gasteiger charge is 2.30. The molecule has 2 atom stereocenters. The second-order valence-electron chi connectivity index (χ2n) is 6.59. The molecule has 0 saturated heterocycles. The Balaban J connectivity index is 1.87. The number of anilines is 1. The highest BCUT2D eigenvalue weighted by Crippen LogP contribution is 2.25. The van der Waals surface area contributed by atoms with Gasteiger partial charge in [0.05, 0.1) is 63.1 Å². The summed E-state index contributed by atoms with van der Waals surface area (Å²) in [6.45, 7) is 4.28. The Morgan fingerprint density at radius 1 is 1.30 bits per heavy atom. The van der Waals surface area contributed by atoms with Crippen molar-refractivity contribution in [2.75, 3.05) is 18.5 Å². The standard InChI is InChI=1S/C17H22N6O3S/c1-11(14-5-4-13(18)8-19-14)17(25)22-6-7-23-15(10-22)16(9-20-23)27(3,26)21-12(2)24/h4-5,8-9,11H,6-7,10,18H2,1-3H3. The van der Waals surface area contributed by atoms with Crippen molar-refractivity contribution >= 4 is 27.2 Å². The fourth-order valence-electron chi connectivity index (χ4n) is 3.09. The molecule has 1 aliphatic heterocycles. The van der Waals surface area contributed by atoms with Crippen molar-refractivity contribution in [3.8, 4) is 0 Å². The minimum absolute atomic E-state index is 0.0863. The van der Waals surface area contributed by atoms with Gasteiger partial charge in [0.25, 0.3) is 5.91 Å². The highest BCUT2D eigenvalue weighted by atomic mass is 32.2. The van der Waals surface area contributed by atoms with Crippen molar-refractivity contribution in [3.05, 3.63) is 35.9 Å². The second-order valence-corrected chi connectivity index (χ2v) is 8.82. The first kappa shape index (κ1) is 19.0. The van der Waals surface area contributed by atoms with Gasteiger partial charge in [-0.15, -0.1) is 0 Å². The minimum Gasteiger partial charge on any atom is -0.397 e. The summed E-state index contributed by atoms with van der Waals surface area (Å²) in [5, 5.41) is 4.24. The molecule has 0 fully saturated rings. The Morgan fingerprint density at radius 3 is 2.67 bits per heavy atom. The zero-order valence-corrected chi connectivity index (χ0v) is 16.3. The Bertz CT molecular complexity index is 1000. The molecule has 0 saturated carbocycles. The average molecular weight is 390 g/mol. The van der Waals surface area contributed by atoms with Crippen LogP contribution in [-0.4, -0.2) is 48.5 Å². The maximum absolute atomic E-state index is 12.9. The van der Waals surface area contributed by atoms with E-state index in [1.54, 1.807) is 28.6 Å². The van der Waals surface area contributed by atoms with Gasteiger partial charge < -0.3 is 10.6 Å². The molecule has 1 aliphatic rings. The molecule has 3 rings (SSSR count). The molecule has 2 unspecified atom stereocenters. The third-order valence-electron chi connectivity index (χ3n) is 4.48. The smallest absolute Gasteiger partial charge is 0.250 e. The van der Waals surface area contributed by atoms with Crippen LogP contribution in [0.4, 0.5) is 5.69 Å². The van der Waals surface area contributed by atoms with Gasteiger partial charge in [-0.25, -0.2) is 4.21 Å². The lowest BCUT2D eigenvalue weighted by Crippen LogP contribution is -2.41. The van der Waals surface area contributed by atoms with Gasteiger partial charge in [-0.3, -0.25) is 19.3 Å². The zero-order valence-electron chi connectivity index (χ0n) is 15.5. The largest absolute Gasteiger partial charge is 0.397 e. The summed E-state index contributed by atoms with van der Waals surface area (Å²) in [6.07, 6.45) is 4.41. The van der Waals surface area contributed by atoms with Crippen LogP contribution in [0.25, 0.3) is 0 Å². The average Bonchev–Trinajstić information content (AvgIpc) is 3.04. The molecule has 0 spiro atoms. The Hall–Kier alpha value is -2.75. The number of carbonyl (C=O) groups is 2. The second kappa shape index (κ2) is 7.10. The number of pyridine rings is 1. The third-order valence-corrected chi connectivity index (χ3v) is 6.24. The van der Waals surface area contributed by atoms with Gasteiger partial charge in [0.15, 0.2) is 0 Å². The summed E-state index contributed by atoms with van der Waals surface area (Å²) in [4.78, 5) is 30.6. The molecule has 2 aromatic heterocycles. The van der Waals surface area contributed by atoms with Gasteiger partial charge in [-0.2, -0.15) is 9.46 Å². The summed E-state index contributed by atoms with van der Waals surface area (Å²) in [5.74, 6) is -1.03. The van der Waals surface area contributed by atoms with Crippen LogP contribution in [0, 0.1) is 0 Å². The van der Waals surface area contributed by atoms with E-state index in [-0.39, 0.29) is 12.5 Å². The SMILES string of the molecule is CC(=O)N=S(C)(=O)c1cnn2c1CN(C(=O)C(C)c1ccc(N)cn1)CC2. The predicted molar refractivity (Wildman–Crippen MR) is 100 cm³/mol. The van der Waals surface area contributed by atoms with Gasteiger partial charge in [0, 0.05) is 19.7 Å². The van der Waals surface area contributed by atoms with Crippen molar-refractivity contribution in [2.45, 2.75) is 37.8 Å². The molecule has 2 amide bonds. The Labute approximate surface area is 157 Å². The molecule has 27 heavy (non-hydrogen) atoms. The molecule has 0 bridgehead atoms. The van der Waals surface area contributed by atoms with Gasteiger partial charge in [0.1, 0.15) is 0 Å².